The second-order valence-corrected chi connectivity index (χ2v) is 6.81. The van der Waals surface area contributed by atoms with Crippen molar-refractivity contribution in [1.29, 1.82) is 0 Å². The van der Waals surface area contributed by atoms with E-state index in [0.29, 0.717) is 23.7 Å². The molecule has 1 aromatic carbocycles. The van der Waals surface area contributed by atoms with E-state index in [0.717, 1.165) is 17.7 Å². The highest BCUT2D eigenvalue weighted by atomic mass is 16.5. The lowest BCUT2D eigenvalue weighted by atomic mass is 9.85. The Labute approximate surface area is 141 Å². The van der Waals surface area contributed by atoms with Crippen molar-refractivity contribution < 1.29 is 9.32 Å². The second-order valence-electron chi connectivity index (χ2n) is 6.81. The van der Waals surface area contributed by atoms with Gasteiger partial charge >= 0.3 is 0 Å². The van der Waals surface area contributed by atoms with E-state index in [9.17, 15) is 4.79 Å². The van der Waals surface area contributed by atoms with Gasteiger partial charge in [0.15, 0.2) is 0 Å². The van der Waals surface area contributed by atoms with Crippen molar-refractivity contribution >= 4 is 11.6 Å². The molecule has 24 heavy (non-hydrogen) atoms. The number of benzene rings is 1. The molecule has 1 saturated carbocycles. The molecule has 2 aliphatic rings. The molecule has 3 unspecified atom stereocenters. The van der Waals surface area contributed by atoms with Gasteiger partial charge in [0.1, 0.15) is 0 Å². The van der Waals surface area contributed by atoms with Gasteiger partial charge in [-0.2, -0.15) is 4.98 Å². The normalized spacial score (nSPS) is 26.1. The van der Waals surface area contributed by atoms with Crippen LogP contribution in [0.1, 0.15) is 38.0 Å². The monoisotopic (exact) mass is 326 g/mol. The van der Waals surface area contributed by atoms with E-state index >= 15 is 0 Å². The molecule has 2 fully saturated rings. The molecule has 6 heteroatoms. The Kier molecular flexibility index (Phi) is 4.06. The predicted molar refractivity (Wildman–Crippen MR) is 90.4 cm³/mol. The summed E-state index contributed by atoms with van der Waals surface area (Å²) in [6.07, 6.45) is 5.95. The van der Waals surface area contributed by atoms with Gasteiger partial charge in [-0.1, -0.05) is 30.1 Å². The van der Waals surface area contributed by atoms with Gasteiger partial charge in [-0.05, 0) is 37.3 Å². The van der Waals surface area contributed by atoms with Crippen LogP contribution in [0, 0.1) is 12.8 Å². The van der Waals surface area contributed by atoms with Crippen LogP contribution < -0.4 is 10.6 Å². The van der Waals surface area contributed by atoms with Crippen molar-refractivity contribution in [1.82, 2.24) is 15.5 Å². The molecule has 0 radical (unpaired) electrons. The highest BCUT2D eigenvalue weighted by Crippen LogP contribution is 2.33. The van der Waals surface area contributed by atoms with E-state index in [1.54, 1.807) is 6.92 Å². The molecule has 1 aliphatic carbocycles. The topological polar surface area (TPSA) is 80.0 Å². The zero-order valence-corrected chi connectivity index (χ0v) is 13.8. The van der Waals surface area contributed by atoms with Gasteiger partial charge in [-0.25, -0.2) is 0 Å². The van der Waals surface area contributed by atoms with E-state index in [2.05, 4.69) is 20.8 Å². The van der Waals surface area contributed by atoms with Crippen LogP contribution in [0.3, 0.4) is 0 Å². The van der Waals surface area contributed by atoms with Crippen LogP contribution in [-0.2, 0) is 4.79 Å². The summed E-state index contributed by atoms with van der Waals surface area (Å²) in [6.45, 7) is 1.76. The molecule has 1 aliphatic heterocycles. The summed E-state index contributed by atoms with van der Waals surface area (Å²) in [4.78, 5) is 16.8. The van der Waals surface area contributed by atoms with Crippen LogP contribution in [0.5, 0.6) is 0 Å². The SMILES string of the molecule is Cc1nc(-c2cccc(NC(=O)C3CC4CCCCC4N3)c2)no1. The van der Waals surface area contributed by atoms with E-state index in [4.69, 9.17) is 4.52 Å². The average Bonchev–Trinajstić information content (AvgIpc) is 3.21. The number of rotatable bonds is 3. The lowest BCUT2D eigenvalue weighted by molar-refractivity contribution is -0.117. The fraction of sp³-hybridized carbons (Fsp3) is 0.500. The largest absolute Gasteiger partial charge is 0.339 e. The lowest BCUT2D eigenvalue weighted by Gasteiger charge is -2.24. The summed E-state index contributed by atoms with van der Waals surface area (Å²) in [6, 6.07) is 7.98. The summed E-state index contributed by atoms with van der Waals surface area (Å²) in [7, 11) is 0. The number of anilines is 1. The summed E-state index contributed by atoms with van der Waals surface area (Å²) in [5, 5.41) is 10.5. The predicted octanol–water partition coefficient (Wildman–Crippen LogP) is 2.90. The van der Waals surface area contributed by atoms with Gasteiger partial charge in [0.2, 0.25) is 17.6 Å². The third-order valence-corrected chi connectivity index (χ3v) is 5.10. The molecule has 126 valence electrons. The molecule has 2 N–H and O–H groups in total. The van der Waals surface area contributed by atoms with Crippen LogP contribution in [0.15, 0.2) is 28.8 Å². The Hall–Kier alpha value is -2.21. The molecule has 0 spiro atoms. The Morgan fingerprint density at radius 3 is 3.00 bits per heavy atom. The Morgan fingerprint density at radius 1 is 1.33 bits per heavy atom. The molecule has 1 aromatic heterocycles. The number of aromatic nitrogens is 2. The maximum absolute atomic E-state index is 12.6. The minimum atomic E-state index is -0.0887. The van der Waals surface area contributed by atoms with Crippen molar-refractivity contribution in [2.45, 2.75) is 51.1 Å². The van der Waals surface area contributed by atoms with Gasteiger partial charge in [-0.15, -0.1) is 0 Å². The van der Waals surface area contributed by atoms with Crippen molar-refractivity contribution in [2.75, 3.05) is 5.32 Å². The molecule has 3 atom stereocenters. The Bertz CT molecular complexity index is 728. The molecule has 1 amide bonds. The number of carbonyl (C=O) groups is 1. The summed E-state index contributed by atoms with van der Waals surface area (Å²) in [5.74, 6) is 1.76. The number of nitrogens with one attached hydrogen (secondary N) is 2. The first kappa shape index (κ1) is 15.3. The van der Waals surface area contributed by atoms with Crippen LogP contribution in [0.4, 0.5) is 5.69 Å². The number of fused-ring (bicyclic) bond motifs is 1. The molecule has 6 nitrogen and oxygen atoms in total. The minimum absolute atomic E-state index is 0.0471. The van der Waals surface area contributed by atoms with Crippen molar-refractivity contribution in [3.63, 3.8) is 0 Å². The zero-order chi connectivity index (χ0) is 16.5. The highest BCUT2D eigenvalue weighted by Gasteiger charge is 2.38. The first-order valence-electron chi connectivity index (χ1n) is 8.67. The van der Waals surface area contributed by atoms with Crippen molar-refractivity contribution in [3.8, 4) is 11.4 Å². The van der Waals surface area contributed by atoms with Crippen LogP contribution >= 0.6 is 0 Å². The minimum Gasteiger partial charge on any atom is -0.339 e. The summed E-state index contributed by atoms with van der Waals surface area (Å²) < 4.78 is 5.02. The summed E-state index contributed by atoms with van der Waals surface area (Å²) >= 11 is 0. The molecule has 0 bridgehead atoms. The standard InChI is InChI=1S/C18H22N4O2/c1-11-19-17(22-24-11)13-6-4-7-14(9-13)20-18(23)16-10-12-5-2-3-8-15(12)21-16/h4,6-7,9,12,15-16,21H,2-3,5,8,10H2,1H3,(H,20,23). The van der Waals surface area contributed by atoms with Gasteiger partial charge in [-0.3, -0.25) is 4.79 Å². The smallest absolute Gasteiger partial charge is 0.241 e. The number of aryl methyl sites for hydroxylation is 1. The second kappa shape index (κ2) is 6.36. The third-order valence-electron chi connectivity index (χ3n) is 5.10. The van der Waals surface area contributed by atoms with E-state index in [1.165, 1.54) is 25.7 Å². The number of nitrogens with zero attached hydrogens (tertiary/aromatic N) is 2. The fourth-order valence-corrected chi connectivity index (χ4v) is 3.90. The third kappa shape index (κ3) is 3.06. The quantitative estimate of drug-likeness (QED) is 0.906. The van der Waals surface area contributed by atoms with E-state index < -0.39 is 0 Å². The summed E-state index contributed by atoms with van der Waals surface area (Å²) in [5.41, 5.74) is 1.59. The van der Waals surface area contributed by atoms with Crippen LogP contribution in [0.25, 0.3) is 11.4 Å². The Morgan fingerprint density at radius 2 is 2.21 bits per heavy atom. The highest BCUT2D eigenvalue weighted by molar-refractivity contribution is 5.95. The molecule has 2 heterocycles. The molecular formula is C18H22N4O2. The molecule has 1 saturated heterocycles. The van der Waals surface area contributed by atoms with Gasteiger partial charge in [0.25, 0.3) is 0 Å². The first-order valence-corrected chi connectivity index (χ1v) is 8.67. The zero-order valence-electron chi connectivity index (χ0n) is 13.8. The van der Waals surface area contributed by atoms with E-state index in [-0.39, 0.29) is 11.9 Å². The lowest BCUT2D eigenvalue weighted by Crippen LogP contribution is -2.39. The average molecular weight is 326 g/mol. The van der Waals surface area contributed by atoms with Gasteiger partial charge < -0.3 is 15.2 Å². The molecule has 2 aromatic rings. The van der Waals surface area contributed by atoms with E-state index in [1.807, 2.05) is 24.3 Å². The number of hydrogen-bond acceptors (Lipinski definition) is 5. The maximum Gasteiger partial charge on any atom is 0.241 e. The number of amides is 1. The Balaban J connectivity index is 1.44. The first-order chi connectivity index (χ1) is 11.7. The van der Waals surface area contributed by atoms with Gasteiger partial charge in [0, 0.05) is 24.2 Å². The van der Waals surface area contributed by atoms with Crippen LogP contribution in [0.2, 0.25) is 0 Å². The van der Waals surface area contributed by atoms with Crippen molar-refractivity contribution in [2.24, 2.45) is 5.92 Å². The fourth-order valence-electron chi connectivity index (χ4n) is 3.90. The maximum atomic E-state index is 12.6. The molecule has 4 rings (SSSR count). The van der Waals surface area contributed by atoms with Crippen LogP contribution in [-0.4, -0.2) is 28.1 Å². The number of hydrogen-bond donors (Lipinski definition) is 2. The number of carbonyl (C=O) groups excluding carboxylic acids is 1. The molecular weight excluding hydrogens is 304 g/mol. The van der Waals surface area contributed by atoms with Crippen molar-refractivity contribution in [3.05, 3.63) is 30.2 Å². The van der Waals surface area contributed by atoms with Gasteiger partial charge in [0.05, 0.1) is 6.04 Å².